The first-order valence-corrected chi connectivity index (χ1v) is 21.4. The molecule has 0 saturated heterocycles. The molecule has 0 spiro atoms. The lowest BCUT2D eigenvalue weighted by atomic mass is 9.82. The van der Waals surface area contributed by atoms with Crippen molar-refractivity contribution in [3.63, 3.8) is 0 Å². The van der Waals surface area contributed by atoms with E-state index in [1.807, 2.05) is 52.0 Å². The summed E-state index contributed by atoms with van der Waals surface area (Å²) in [5, 5.41) is 7.41. The average molecular weight is 791 g/mol. The predicted molar refractivity (Wildman–Crippen MR) is 227 cm³/mol. The standard InChI is InChI=1S/C46H46O8S2/c1-5-9-20-51-43(47)30-16-13-27-28-14-17-32(45(49)53-22-11-7-3)41-34(46(50)54-23-12-8-4)25-33(36-26-37-35(56-36)19-24-55-37)39(42(28)41)29-15-18-31(40(30)38(27)29)44(48)52-21-10-6-2/h13-19,24-26H,5-12,20-23H2,1-4H3. The molecule has 0 saturated carbocycles. The number of rotatable bonds is 17. The number of unbranched alkanes of at least 4 members (excludes halogenated alkanes) is 4. The quantitative estimate of drug-likeness (QED) is 0.0295. The van der Waals surface area contributed by atoms with Crippen LogP contribution < -0.4 is 0 Å². The smallest absolute Gasteiger partial charge is 0.338 e. The highest BCUT2D eigenvalue weighted by Crippen LogP contribution is 2.50. The highest BCUT2D eigenvalue weighted by molar-refractivity contribution is 7.28. The van der Waals surface area contributed by atoms with Gasteiger partial charge in [-0.15, -0.1) is 22.7 Å². The van der Waals surface area contributed by atoms with Gasteiger partial charge in [0.2, 0.25) is 0 Å². The SMILES string of the molecule is CCCCOC(=O)c1ccc2c3ccc(C(=O)OCCCC)c4c(C(=O)OCCCC)cc(-c5cc6sccc6s5)c(c5ccc(C(=O)OCCCC)c1c25)c43. The molecule has 0 bridgehead atoms. The molecule has 8 nitrogen and oxygen atoms in total. The summed E-state index contributed by atoms with van der Waals surface area (Å²) in [4.78, 5) is 56.9. The van der Waals surface area contributed by atoms with Crippen LogP contribution >= 0.6 is 22.7 Å². The fourth-order valence-electron chi connectivity index (χ4n) is 7.31. The van der Waals surface area contributed by atoms with E-state index in [-0.39, 0.29) is 48.7 Å². The minimum Gasteiger partial charge on any atom is -0.462 e. The van der Waals surface area contributed by atoms with Crippen molar-refractivity contribution in [3.8, 4) is 10.4 Å². The maximum absolute atomic E-state index is 14.2. The highest BCUT2D eigenvalue weighted by Gasteiger charge is 2.30. The minimum absolute atomic E-state index is 0.245. The van der Waals surface area contributed by atoms with E-state index in [1.165, 1.54) is 0 Å². The Bertz CT molecular complexity index is 2520. The summed E-state index contributed by atoms with van der Waals surface area (Å²) in [6.07, 6.45) is 6.26. The Morgan fingerprint density at radius 1 is 0.464 bits per heavy atom. The van der Waals surface area contributed by atoms with Crippen molar-refractivity contribution < 1.29 is 38.1 Å². The molecule has 0 amide bonds. The average Bonchev–Trinajstić information content (AvgIpc) is 3.82. The van der Waals surface area contributed by atoms with Gasteiger partial charge in [0.15, 0.2) is 0 Å². The molecule has 0 atom stereocenters. The third-order valence-electron chi connectivity index (χ3n) is 10.2. The number of thiophene rings is 2. The lowest BCUT2D eigenvalue weighted by Gasteiger charge is -2.22. The van der Waals surface area contributed by atoms with E-state index >= 15 is 0 Å². The molecule has 7 aromatic rings. The van der Waals surface area contributed by atoms with E-state index in [2.05, 4.69) is 17.5 Å². The maximum Gasteiger partial charge on any atom is 0.338 e. The van der Waals surface area contributed by atoms with Gasteiger partial charge < -0.3 is 18.9 Å². The second-order valence-electron chi connectivity index (χ2n) is 14.0. The van der Waals surface area contributed by atoms with Crippen molar-refractivity contribution in [1.82, 2.24) is 0 Å². The van der Waals surface area contributed by atoms with Gasteiger partial charge in [0, 0.05) is 30.6 Å². The number of carbonyl (C=O) groups is 4. The number of ether oxygens (including phenoxy) is 4. The van der Waals surface area contributed by atoms with Gasteiger partial charge in [-0.25, -0.2) is 19.2 Å². The fourth-order valence-corrected chi connectivity index (χ4v) is 9.44. The molecule has 5 aromatic carbocycles. The van der Waals surface area contributed by atoms with Crippen LogP contribution in [0.3, 0.4) is 0 Å². The van der Waals surface area contributed by atoms with Crippen LogP contribution in [0.1, 0.15) is 120 Å². The van der Waals surface area contributed by atoms with Crippen LogP contribution in [0.4, 0.5) is 0 Å². The highest BCUT2D eigenvalue weighted by atomic mass is 32.1. The second kappa shape index (κ2) is 17.4. The van der Waals surface area contributed by atoms with Crippen LogP contribution in [0.25, 0.3) is 62.9 Å². The lowest BCUT2D eigenvalue weighted by Crippen LogP contribution is -2.13. The molecule has 56 heavy (non-hydrogen) atoms. The predicted octanol–water partition coefficient (Wildman–Crippen LogP) is 12.5. The summed E-state index contributed by atoms with van der Waals surface area (Å²) in [6, 6.07) is 16.9. The largest absolute Gasteiger partial charge is 0.462 e. The molecule has 0 unspecified atom stereocenters. The van der Waals surface area contributed by atoms with E-state index in [9.17, 15) is 19.2 Å². The molecule has 0 fully saturated rings. The zero-order valence-electron chi connectivity index (χ0n) is 32.3. The van der Waals surface area contributed by atoms with Crippen molar-refractivity contribution >= 4 is 99.0 Å². The maximum atomic E-state index is 14.2. The molecule has 10 heteroatoms. The monoisotopic (exact) mass is 790 g/mol. The molecule has 2 aromatic heterocycles. The van der Waals surface area contributed by atoms with Gasteiger partial charge in [0.05, 0.1) is 48.7 Å². The van der Waals surface area contributed by atoms with Crippen LogP contribution in [0.15, 0.2) is 60.0 Å². The first-order chi connectivity index (χ1) is 27.3. The number of benzene rings is 5. The van der Waals surface area contributed by atoms with E-state index in [0.717, 1.165) is 67.1 Å². The summed E-state index contributed by atoms with van der Waals surface area (Å²) < 4.78 is 25.4. The van der Waals surface area contributed by atoms with E-state index in [1.54, 1.807) is 40.9 Å². The Morgan fingerprint density at radius 2 is 0.911 bits per heavy atom. The molecule has 2 heterocycles. The first kappa shape index (κ1) is 39.2. The summed E-state index contributed by atoms with van der Waals surface area (Å²) in [6.45, 7) is 9.13. The van der Waals surface area contributed by atoms with Gasteiger partial charge in [-0.05, 0) is 99.8 Å². The van der Waals surface area contributed by atoms with Crippen molar-refractivity contribution in [1.29, 1.82) is 0 Å². The van der Waals surface area contributed by atoms with Crippen LogP contribution in [0, 0.1) is 0 Å². The zero-order chi connectivity index (χ0) is 39.3. The number of fused-ring (bicyclic) bond motifs is 3. The Balaban J connectivity index is 1.62. The molecule has 0 aliphatic rings. The third-order valence-corrected chi connectivity index (χ3v) is 12.3. The Morgan fingerprint density at radius 3 is 1.39 bits per heavy atom. The van der Waals surface area contributed by atoms with E-state index in [0.29, 0.717) is 47.2 Å². The molecule has 7 rings (SSSR count). The van der Waals surface area contributed by atoms with Crippen LogP contribution in [0.5, 0.6) is 0 Å². The van der Waals surface area contributed by atoms with Gasteiger partial charge in [0.1, 0.15) is 0 Å². The number of hydrogen-bond donors (Lipinski definition) is 0. The van der Waals surface area contributed by atoms with Gasteiger partial charge >= 0.3 is 23.9 Å². The lowest BCUT2D eigenvalue weighted by molar-refractivity contribution is 0.0485. The molecular formula is C46H46O8S2. The van der Waals surface area contributed by atoms with Crippen LogP contribution in [-0.4, -0.2) is 50.3 Å². The zero-order valence-corrected chi connectivity index (χ0v) is 34.0. The third kappa shape index (κ3) is 7.32. The van der Waals surface area contributed by atoms with Crippen molar-refractivity contribution in [2.45, 2.75) is 79.1 Å². The fraction of sp³-hybridized carbons (Fsp3) is 0.348. The molecule has 0 aliphatic heterocycles. The van der Waals surface area contributed by atoms with Gasteiger partial charge in [0.25, 0.3) is 0 Å². The van der Waals surface area contributed by atoms with Gasteiger partial charge in [-0.2, -0.15) is 0 Å². The van der Waals surface area contributed by atoms with Crippen LogP contribution in [-0.2, 0) is 18.9 Å². The summed E-state index contributed by atoms with van der Waals surface area (Å²) in [5.41, 5.74) is 1.88. The van der Waals surface area contributed by atoms with Crippen LogP contribution in [0.2, 0.25) is 0 Å². The normalized spacial score (nSPS) is 11.6. The van der Waals surface area contributed by atoms with Gasteiger partial charge in [-0.3, -0.25) is 0 Å². The Labute approximate surface area is 334 Å². The molecule has 290 valence electrons. The summed E-state index contributed by atoms with van der Waals surface area (Å²) in [5.74, 6) is -2.07. The van der Waals surface area contributed by atoms with E-state index in [4.69, 9.17) is 18.9 Å². The van der Waals surface area contributed by atoms with Crippen molar-refractivity contribution in [2.24, 2.45) is 0 Å². The summed E-state index contributed by atoms with van der Waals surface area (Å²) in [7, 11) is 0. The summed E-state index contributed by atoms with van der Waals surface area (Å²) >= 11 is 3.26. The minimum atomic E-state index is -0.519. The molecular weight excluding hydrogens is 745 g/mol. The molecule has 0 radical (unpaired) electrons. The number of esters is 4. The number of hydrogen-bond acceptors (Lipinski definition) is 10. The Hall–Kier alpha value is -5.06. The van der Waals surface area contributed by atoms with Gasteiger partial charge in [-0.1, -0.05) is 71.6 Å². The van der Waals surface area contributed by atoms with Crippen molar-refractivity contribution in [3.05, 3.63) is 82.2 Å². The molecule has 0 N–H and O–H groups in total. The Kier molecular flexibility index (Phi) is 12.2. The topological polar surface area (TPSA) is 105 Å². The number of carbonyl (C=O) groups excluding carboxylic acids is 4. The second-order valence-corrected chi connectivity index (χ2v) is 16.1. The first-order valence-electron chi connectivity index (χ1n) is 19.7. The van der Waals surface area contributed by atoms with E-state index < -0.39 is 23.9 Å². The molecule has 0 aliphatic carbocycles. The van der Waals surface area contributed by atoms with Crippen molar-refractivity contribution in [2.75, 3.05) is 26.4 Å².